The standard InChI is InChI=1S/C19H22FN3/c1-13-19(15-8-10-23(13)11-9-15)22-18-7-4-16(12-21-18)14-2-5-17(20)6-3-14/h2-7,12-13,15,19H,8-11H2,1H3,(H,21,22)/t13-,19+/m1/s1. The smallest absolute Gasteiger partial charge is 0.126 e. The van der Waals surface area contributed by atoms with Gasteiger partial charge in [-0.3, -0.25) is 4.90 Å². The first kappa shape index (κ1) is 14.6. The highest BCUT2D eigenvalue weighted by Crippen LogP contribution is 2.34. The van der Waals surface area contributed by atoms with Crippen LogP contribution in [0.15, 0.2) is 42.6 Å². The van der Waals surface area contributed by atoms with Crippen LogP contribution >= 0.6 is 0 Å². The molecule has 0 spiro atoms. The first-order valence-electron chi connectivity index (χ1n) is 8.43. The summed E-state index contributed by atoms with van der Waals surface area (Å²) in [6.45, 7) is 4.79. The molecule has 23 heavy (non-hydrogen) atoms. The van der Waals surface area contributed by atoms with E-state index in [1.54, 1.807) is 12.1 Å². The van der Waals surface area contributed by atoms with Crippen molar-refractivity contribution in [2.45, 2.75) is 31.8 Å². The maximum absolute atomic E-state index is 13.0. The van der Waals surface area contributed by atoms with E-state index < -0.39 is 0 Å². The third-order valence-electron chi connectivity index (χ3n) is 5.43. The Bertz CT molecular complexity index is 658. The van der Waals surface area contributed by atoms with Crippen LogP contribution in [-0.2, 0) is 0 Å². The molecule has 2 bridgehead atoms. The molecule has 3 aliphatic rings. The van der Waals surface area contributed by atoms with E-state index in [9.17, 15) is 4.39 Å². The molecule has 3 saturated heterocycles. The van der Waals surface area contributed by atoms with Gasteiger partial charge in [-0.1, -0.05) is 12.1 Å². The molecule has 0 aliphatic carbocycles. The summed E-state index contributed by atoms with van der Waals surface area (Å²) in [5, 5.41) is 3.64. The molecule has 3 aliphatic heterocycles. The number of aromatic nitrogens is 1. The molecule has 4 heteroatoms. The predicted octanol–water partition coefficient (Wildman–Crippen LogP) is 3.78. The van der Waals surface area contributed by atoms with Gasteiger partial charge < -0.3 is 5.32 Å². The van der Waals surface area contributed by atoms with Crippen LogP contribution in [0.2, 0.25) is 0 Å². The molecule has 5 rings (SSSR count). The molecule has 3 nitrogen and oxygen atoms in total. The largest absolute Gasteiger partial charge is 0.365 e. The molecule has 4 heterocycles. The molecule has 120 valence electrons. The fraction of sp³-hybridized carbons (Fsp3) is 0.421. The minimum atomic E-state index is -0.212. The van der Waals surface area contributed by atoms with E-state index in [-0.39, 0.29) is 5.82 Å². The lowest BCUT2D eigenvalue weighted by Crippen LogP contribution is -2.59. The van der Waals surface area contributed by atoms with E-state index in [0.29, 0.717) is 12.1 Å². The number of anilines is 1. The summed E-state index contributed by atoms with van der Waals surface area (Å²) in [5.41, 5.74) is 2.00. The van der Waals surface area contributed by atoms with Crippen molar-refractivity contribution >= 4 is 5.82 Å². The van der Waals surface area contributed by atoms with Gasteiger partial charge in [-0.05, 0) is 68.6 Å². The summed E-state index contributed by atoms with van der Waals surface area (Å²) < 4.78 is 13.0. The fourth-order valence-electron chi connectivity index (χ4n) is 4.01. The summed E-state index contributed by atoms with van der Waals surface area (Å²) in [4.78, 5) is 7.14. The Kier molecular flexibility index (Phi) is 3.77. The molecule has 2 atom stereocenters. The van der Waals surface area contributed by atoms with Crippen molar-refractivity contribution in [2.75, 3.05) is 18.4 Å². The first-order chi connectivity index (χ1) is 11.2. The number of nitrogens with zero attached hydrogens (tertiary/aromatic N) is 2. The van der Waals surface area contributed by atoms with Crippen LogP contribution in [0, 0.1) is 11.7 Å². The van der Waals surface area contributed by atoms with Gasteiger partial charge in [0.05, 0.1) is 0 Å². The van der Waals surface area contributed by atoms with Crippen molar-refractivity contribution < 1.29 is 4.39 Å². The monoisotopic (exact) mass is 311 g/mol. The zero-order valence-electron chi connectivity index (χ0n) is 13.4. The van der Waals surface area contributed by atoms with Crippen molar-refractivity contribution in [3.8, 4) is 11.1 Å². The summed E-state index contributed by atoms with van der Waals surface area (Å²) in [7, 11) is 0. The zero-order valence-corrected chi connectivity index (χ0v) is 13.4. The van der Waals surface area contributed by atoms with Crippen LogP contribution in [0.5, 0.6) is 0 Å². The van der Waals surface area contributed by atoms with E-state index >= 15 is 0 Å². The molecule has 0 unspecified atom stereocenters. The Morgan fingerprint density at radius 1 is 1.04 bits per heavy atom. The molecule has 3 fully saturated rings. The molecule has 1 N–H and O–H groups in total. The molecular formula is C19H22FN3. The van der Waals surface area contributed by atoms with Gasteiger partial charge in [0, 0.05) is 23.8 Å². The molecule has 0 saturated carbocycles. The molecular weight excluding hydrogens is 289 g/mol. The number of pyridine rings is 1. The van der Waals surface area contributed by atoms with Crippen LogP contribution < -0.4 is 5.32 Å². The van der Waals surface area contributed by atoms with E-state index in [1.807, 2.05) is 12.3 Å². The highest BCUT2D eigenvalue weighted by molar-refractivity contribution is 5.63. The number of fused-ring (bicyclic) bond motifs is 3. The Hall–Kier alpha value is -1.94. The molecule has 0 radical (unpaired) electrons. The first-order valence-corrected chi connectivity index (χ1v) is 8.43. The van der Waals surface area contributed by atoms with Gasteiger partial charge in [0.15, 0.2) is 0 Å². The van der Waals surface area contributed by atoms with Crippen LogP contribution in [0.4, 0.5) is 10.2 Å². The summed E-state index contributed by atoms with van der Waals surface area (Å²) in [5.74, 6) is 1.48. The predicted molar refractivity (Wildman–Crippen MR) is 90.8 cm³/mol. The van der Waals surface area contributed by atoms with Gasteiger partial charge in [0.1, 0.15) is 11.6 Å². The Morgan fingerprint density at radius 3 is 2.35 bits per heavy atom. The van der Waals surface area contributed by atoms with E-state index in [2.05, 4.69) is 28.2 Å². The average Bonchev–Trinajstić information content (AvgIpc) is 2.60. The quantitative estimate of drug-likeness (QED) is 0.935. The third-order valence-corrected chi connectivity index (χ3v) is 5.43. The van der Waals surface area contributed by atoms with Crippen LogP contribution in [0.25, 0.3) is 11.1 Å². The Labute approximate surface area is 136 Å². The lowest BCUT2D eigenvalue weighted by molar-refractivity contribution is 0.0457. The SMILES string of the molecule is C[C@@H]1[C@H](Nc2ccc(-c3ccc(F)cc3)cn2)C2CCN1CC2. The maximum atomic E-state index is 13.0. The highest BCUT2D eigenvalue weighted by Gasteiger charge is 2.39. The number of nitrogens with one attached hydrogen (secondary N) is 1. The molecule has 1 aromatic heterocycles. The number of hydrogen-bond donors (Lipinski definition) is 1. The number of halogens is 1. The van der Waals surface area contributed by atoms with Gasteiger partial charge in [-0.25, -0.2) is 9.37 Å². The molecule has 2 aromatic rings. The van der Waals surface area contributed by atoms with Crippen molar-refractivity contribution in [2.24, 2.45) is 5.92 Å². The van der Waals surface area contributed by atoms with Crippen LogP contribution in [0.3, 0.4) is 0 Å². The van der Waals surface area contributed by atoms with Gasteiger partial charge in [-0.15, -0.1) is 0 Å². The summed E-state index contributed by atoms with van der Waals surface area (Å²) in [6, 6.07) is 11.7. The lowest BCUT2D eigenvalue weighted by Gasteiger charge is -2.50. The average molecular weight is 311 g/mol. The lowest BCUT2D eigenvalue weighted by atomic mass is 9.79. The van der Waals surface area contributed by atoms with Crippen LogP contribution in [0.1, 0.15) is 19.8 Å². The van der Waals surface area contributed by atoms with Gasteiger partial charge in [0.25, 0.3) is 0 Å². The number of rotatable bonds is 3. The van der Waals surface area contributed by atoms with E-state index in [4.69, 9.17) is 0 Å². The minimum absolute atomic E-state index is 0.212. The van der Waals surface area contributed by atoms with Gasteiger partial charge in [-0.2, -0.15) is 0 Å². The van der Waals surface area contributed by atoms with Gasteiger partial charge >= 0.3 is 0 Å². The zero-order chi connectivity index (χ0) is 15.8. The maximum Gasteiger partial charge on any atom is 0.126 e. The normalized spacial score (nSPS) is 29.5. The van der Waals surface area contributed by atoms with E-state index in [1.165, 1.54) is 38.1 Å². The van der Waals surface area contributed by atoms with Crippen molar-refractivity contribution in [1.29, 1.82) is 0 Å². The Balaban J connectivity index is 1.49. The minimum Gasteiger partial charge on any atom is -0.365 e. The topological polar surface area (TPSA) is 28.2 Å². The van der Waals surface area contributed by atoms with Crippen molar-refractivity contribution in [1.82, 2.24) is 9.88 Å². The highest BCUT2D eigenvalue weighted by atomic mass is 19.1. The number of benzene rings is 1. The fourth-order valence-corrected chi connectivity index (χ4v) is 4.01. The van der Waals surface area contributed by atoms with E-state index in [0.717, 1.165) is 22.9 Å². The van der Waals surface area contributed by atoms with Crippen LogP contribution in [-0.4, -0.2) is 35.1 Å². The third kappa shape index (κ3) is 2.83. The second kappa shape index (κ2) is 5.93. The second-order valence-electron chi connectivity index (χ2n) is 6.72. The van der Waals surface area contributed by atoms with Crippen molar-refractivity contribution in [3.63, 3.8) is 0 Å². The van der Waals surface area contributed by atoms with Gasteiger partial charge in [0.2, 0.25) is 0 Å². The Morgan fingerprint density at radius 2 is 1.74 bits per heavy atom. The number of piperidine rings is 3. The molecule has 0 amide bonds. The second-order valence-corrected chi connectivity index (χ2v) is 6.72. The summed E-state index contributed by atoms with van der Waals surface area (Å²) >= 11 is 0. The molecule has 1 aromatic carbocycles. The summed E-state index contributed by atoms with van der Waals surface area (Å²) in [6.07, 6.45) is 4.44. The van der Waals surface area contributed by atoms with Crippen molar-refractivity contribution in [3.05, 3.63) is 48.4 Å². The number of hydrogen-bond acceptors (Lipinski definition) is 3.